The first-order valence-corrected chi connectivity index (χ1v) is 10.5. The van der Waals surface area contributed by atoms with Crippen molar-refractivity contribution < 1.29 is 5.11 Å². The highest BCUT2D eigenvalue weighted by Gasteiger charge is 2.56. The van der Waals surface area contributed by atoms with Crippen LogP contribution in [0.2, 0.25) is 0 Å². The lowest BCUT2D eigenvalue weighted by Crippen LogP contribution is -2.61. The fraction of sp³-hybridized carbons (Fsp3) is 0.818. The Morgan fingerprint density at radius 2 is 2.00 bits per heavy atom. The van der Waals surface area contributed by atoms with Crippen LogP contribution < -0.4 is 0 Å². The van der Waals surface area contributed by atoms with Crippen molar-refractivity contribution in [2.45, 2.75) is 83.7 Å². The third kappa shape index (κ3) is 2.11. The fourth-order valence-corrected chi connectivity index (χ4v) is 6.86. The molecule has 24 heavy (non-hydrogen) atoms. The molecule has 0 aromatic carbocycles. The van der Waals surface area contributed by atoms with E-state index in [1.165, 1.54) is 57.9 Å². The second kappa shape index (κ2) is 5.37. The standard InChI is InChI=1S/C22H33NO/c1-14-11-17-12-20-18-5-3-4-8-22(18,19(17)13-21(14)24)9-10-23(20)15(2)16-6-7-16/h13-16,18,20,24H,3-12H2,1-2H3/t14?,15?,18?,20-,22-/m1/s1. The molecule has 132 valence electrons. The molecular weight excluding hydrogens is 294 g/mol. The first-order chi connectivity index (χ1) is 11.6. The second-order valence-corrected chi connectivity index (χ2v) is 9.54. The van der Waals surface area contributed by atoms with E-state index in [9.17, 15) is 5.11 Å². The van der Waals surface area contributed by atoms with Crippen LogP contribution in [0.5, 0.6) is 0 Å². The van der Waals surface area contributed by atoms with Gasteiger partial charge >= 0.3 is 0 Å². The lowest BCUT2D eigenvalue weighted by Gasteiger charge is -2.61. The lowest BCUT2D eigenvalue weighted by molar-refractivity contribution is -0.0556. The maximum absolute atomic E-state index is 10.4. The Labute approximate surface area is 147 Å². The highest BCUT2D eigenvalue weighted by atomic mass is 16.3. The molecule has 1 heterocycles. The van der Waals surface area contributed by atoms with Crippen LogP contribution in [0.15, 0.2) is 23.0 Å². The number of hydrogen-bond acceptors (Lipinski definition) is 2. The van der Waals surface area contributed by atoms with Gasteiger partial charge in [0.05, 0.1) is 5.76 Å². The van der Waals surface area contributed by atoms with Gasteiger partial charge in [0.1, 0.15) is 0 Å². The van der Waals surface area contributed by atoms with Crippen LogP contribution in [0.3, 0.4) is 0 Å². The molecule has 0 spiro atoms. The van der Waals surface area contributed by atoms with Gasteiger partial charge in [0.2, 0.25) is 0 Å². The number of nitrogens with zero attached hydrogens (tertiary/aromatic N) is 1. The minimum atomic E-state index is 0.329. The number of piperidine rings is 1. The van der Waals surface area contributed by atoms with Gasteiger partial charge in [0, 0.05) is 23.4 Å². The molecule has 1 aliphatic heterocycles. The van der Waals surface area contributed by atoms with E-state index >= 15 is 0 Å². The molecule has 1 N–H and O–H groups in total. The number of rotatable bonds is 2. The monoisotopic (exact) mass is 327 g/mol. The van der Waals surface area contributed by atoms with E-state index in [-0.39, 0.29) is 0 Å². The summed E-state index contributed by atoms with van der Waals surface area (Å²) < 4.78 is 0. The predicted octanol–water partition coefficient (Wildman–Crippen LogP) is 5.22. The predicted molar refractivity (Wildman–Crippen MR) is 97.8 cm³/mol. The van der Waals surface area contributed by atoms with Gasteiger partial charge in [-0.15, -0.1) is 0 Å². The zero-order chi connectivity index (χ0) is 16.5. The van der Waals surface area contributed by atoms with Gasteiger partial charge in [-0.3, -0.25) is 4.90 Å². The molecule has 2 nitrogen and oxygen atoms in total. The summed E-state index contributed by atoms with van der Waals surface area (Å²) in [6, 6.07) is 1.58. The smallest absolute Gasteiger partial charge is 0.0956 e. The van der Waals surface area contributed by atoms with Crippen LogP contribution >= 0.6 is 0 Å². The molecule has 5 rings (SSSR count). The largest absolute Gasteiger partial charge is 0.512 e. The quantitative estimate of drug-likeness (QED) is 0.752. The third-order valence-electron chi connectivity index (χ3n) is 8.35. The van der Waals surface area contributed by atoms with Crippen molar-refractivity contribution in [1.82, 2.24) is 4.90 Å². The highest BCUT2D eigenvalue weighted by Crippen LogP contribution is 2.61. The molecular formula is C22H33NO. The summed E-state index contributed by atoms with van der Waals surface area (Å²) in [5.41, 5.74) is 3.71. The van der Waals surface area contributed by atoms with E-state index in [1.54, 1.807) is 11.1 Å². The van der Waals surface area contributed by atoms with Gasteiger partial charge in [-0.2, -0.15) is 0 Å². The Balaban J connectivity index is 1.56. The Morgan fingerprint density at radius 1 is 1.17 bits per heavy atom. The summed E-state index contributed by atoms with van der Waals surface area (Å²) in [6.45, 7) is 5.99. The number of aliphatic hydroxyl groups is 1. The van der Waals surface area contributed by atoms with Crippen molar-refractivity contribution in [1.29, 1.82) is 0 Å². The van der Waals surface area contributed by atoms with Gasteiger partial charge < -0.3 is 5.11 Å². The summed E-state index contributed by atoms with van der Waals surface area (Å²) in [4.78, 5) is 2.93. The molecule has 0 radical (unpaired) electrons. The molecule has 0 aromatic heterocycles. The Morgan fingerprint density at radius 3 is 2.79 bits per heavy atom. The van der Waals surface area contributed by atoms with Gasteiger partial charge in [-0.05, 0) is 81.9 Å². The zero-order valence-corrected chi connectivity index (χ0v) is 15.4. The average Bonchev–Trinajstić information content (AvgIpc) is 3.41. The van der Waals surface area contributed by atoms with Crippen molar-refractivity contribution in [2.75, 3.05) is 6.54 Å². The molecule has 3 fully saturated rings. The van der Waals surface area contributed by atoms with Crippen LogP contribution in [0.4, 0.5) is 0 Å². The molecule has 5 aliphatic rings. The van der Waals surface area contributed by atoms with Crippen molar-refractivity contribution >= 4 is 0 Å². The van der Waals surface area contributed by atoms with Crippen LogP contribution in [0.25, 0.3) is 0 Å². The van der Waals surface area contributed by atoms with Gasteiger partial charge in [-0.1, -0.05) is 25.3 Å². The molecule has 2 heteroatoms. The van der Waals surface area contributed by atoms with Gasteiger partial charge in [0.25, 0.3) is 0 Å². The fourth-order valence-electron chi connectivity index (χ4n) is 6.86. The lowest BCUT2D eigenvalue weighted by atomic mass is 9.51. The summed E-state index contributed by atoms with van der Waals surface area (Å²) in [7, 11) is 0. The molecule has 5 atom stereocenters. The topological polar surface area (TPSA) is 23.5 Å². The van der Waals surface area contributed by atoms with E-state index in [0.717, 1.165) is 30.3 Å². The summed E-state index contributed by atoms with van der Waals surface area (Å²) >= 11 is 0. The van der Waals surface area contributed by atoms with Crippen LogP contribution in [-0.2, 0) is 0 Å². The van der Waals surface area contributed by atoms with Crippen molar-refractivity contribution in [2.24, 2.45) is 23.2 Å². The van der Waals surface area contributed by atoms with E-state index in [2.05, 4.69) is 24.8 Å². The maximum Gasteiger partial charge on any atom is 0.0956 e. The molecule has 2 saturated carbocycles. The van der Waals surface area contributed by atoms with Crippen molar-refractivity contribution in [3.63, 3.8) is 0 Å². The number of allylic oxidation sites excluding steroid dienone is 3. The minimum absolute atomic E-state index is 0.329. The Hall–Kier alpha value is -0.760. The second-order valence-electron chi connectivity index (χ2n) is 9.54. The highest BCUT2D eigenvalue weighted by molar-refractivity contribution is 5.43. The Kier molecular flexibility index (Phi) is 3.46. The van der Waals surface area contributed by atoms with Gasteiger partial charge in [0.15, 0.2) is 0 Å². The average molecular weight is 328 g/mol. The molecule has 4 aliphatic carbocycles. The van der Waals surface area contributed by atoms with Crippen LogP contribution in [-0.4, -0.2) is 28.6 Å². The first-order valence-electron chi connectivity index (χ1n) is 10.5. The van der Waals surface area contributed by atoms with Crippen molar-refractivity contribution in [3.05, 3.63) is 23.0 Å². The summed E-state index contributed by atoms with van der Waals surface area (Å²) in [6.07, 6.45) is 14.5. The molecule has 0 amide bonds. The van der Waals surface area contributed by atoms with Gasteiger partial charge in [-0.25, -0.2) is 0 Å². The number of likely N-dealkylation sites (tertiary alicyclic amines) is 1. The summed E-state index contributed by atoms with van der Waals surface area (Å²) in [5, 5.41) is 10.4. The first kappa shape index (κ1) is 15.5. The van der Waals surface area contributed by atoms with E-state index in [4.69, 9.17) is 0 Å². The third-order valence-corrected chi connectivity index (χ3v) is 8.35. The molecule has 0 aromatic rings. The van der Waals surface area contributed by atoms with E-state index in [0.29, 0.717) is 17.1 Å². The van der Waals surface area contributed by atoms with Crippen molar-refractivity contribution in [3.8, 4) is 0 Å². The molecule has 1 saturated heterocycles. The SMILES string of the molecule is CC1CC2=C(C=C1O)[C@@]13CCCCC1[C@@H](C2)N(C(C)C1CC1)CC3. The number of aliphatic hydroxyl groups excluding tert-OH is 1. The zero-order valence-electron chi connectivity index (χ0n) is 15.4. The maximum atomic E-state index is 10.4. The van der Waals surface area contributed by atoms with E-state index < -0.39 is 0 Å². The summed E-state index contributed by atoms with van der Waals surface area (Å²) in [5.74, 6) is 2.80. The van der Waals surface area contributed by atoms with Crippen LogP contribution in [0.1, 0.15) is 71.6 Å². The van der Waals surface area contributed by atoms with E-state index in [1.807, 2.05) is 0 Å². The normalized spacial score (nSPS) is 43.8. The minimum Gasteiger partial charge on any atom is -0.512 e. The molecule has 2 bridgehead atoms. The molecule has 3 unspecified atom stereocenters. The van der Waals surface area contributed by atoms with Crippen LogP contribution in [0, 0.1) is 23.2 Å². The number of hydrogen-bond donors (Lipinski definition) is 1. The Bertz CT molecular complexity index is 601.